The minimum absolute atomic E-state index is 0.146. The van der Waals surface area contributed by atoms with E-state index in [1.54, 1.807) is 13.8 Å². The molecule has 5 heteroatoms. The third kappa shape index (κ3) is 3.00. The number of carbonyl (C=O) groups excluding carboxylic acids is 1. The predicted molar refractivity (Wildman–Crippen MR) is 69.7 cm³/mol. The van der Waals surface area contributed by atoms with Gasteiger partial charge in [-0.1, -0.05) is 35.5 Å². The molecule has 0 aliphatic carbocycles. The Balaban J connectivity index is 1.98. The first-order valence-electron chi connectivity index (χ1n) is 6.03. The Morgan fingerprint density at radius 3 is 2.63 bits per heavy atom. The summed E-state index contributed by atoms with van der Waals surface area (Å²) in [6, 6.07) is 9.18. The lowest BCUT2D eigenvalue weighted by Gasteiger charge is -2.11. The fraction of sp³-hybridized carbons (Fsp3) is 0.286. The van der Waals surface area contributed by atoms with E-state index in [9.17, 15) is 9.90 Å². The molecular formula is C14H16N2O3. The molecule has 1 unspecified atom stereocenters. The highest BCUT2D eigenvalue weighted by molar-refractivity contribution is 5.96. The van der Waals surface area contributed by atoms with Crippen molar-refractivity contribution in [3.05, 3.63) is 52.9 Å². The molecule has 5 nitrogen and oxygen atoms in total. The fourth-order valence-corrected chi connectivity index (χ4v) is 1.88. The van der Waals surface area contributed by atoms with Gasteiger partial charge in [0, 0.05) is 6.54 Å². The molecule has 0 fully saturated rings. The van der Waals surface area contributed by atoms with Crippen LogP contribution >= 0.6 is 0 Å². The second-order valence-corrected chi connectivity index (χ2v) is 4.34. The van der Waals surface area contributed by atoms with Crippen molar-refractivity contribution >= 4 is 5.91 Å². The second kappa shape index (κ2) is 5.67. The van der Waals surface area contributed by atoms with Gasteiger partial charge in [0.15, 0.2) is 0 Å². The van der Waals surface area contributed by atoms with Gasteiger partial charge in [0.25, 0.3) is 5.91 Å². The Morgan fingerprint density at radius 1 is 1.37 bits per heavy atom. The number of nitrogens with one attached hydrogen (secondary N) is 1. The van der Waals surface area contributed by atoms with Crippen LogP contribution in [0.2, 0.25) is 0 Å². The van der Waals surface area contributed by atoms with E-state index in [1.807, 2.05) is 30.3 Å². The summed E-state index contributed by atoms with van der Waals surface area (Å²) < 4.78 is 4.93. The van der Waals surface area contributed by atoms with Crippen molar-refractivity contribution in [1.29, 1.82) is 0 Å². The molecule has 0 bridgehead atoms. The zero-order chi connectivity index (χ0) is 13.8. The summed E-state index contributed by atoms with van der Waals surface area (Å²) in [6.07, 6.45) is -0.731. The van der Waals surface area contributed by atoms with Crippen molar-refractivity contribution < 1.29 is 14.4 Å². The summed E-state index contributed by atoms with van der Waals surface area (Å²) in [7, 11) is 0. The smallest absolute Gasteiger partial charge is 0.256 e. The van der Waals surface area contributed by atoms with E-state index in [2.05, 4.69) is 10.5 Å². The summed E-state index contributed by atoms with van der Waals surface area (Å²) >= 11 is 0. The Hall–Kier alpha value is -2.14. The quantitative estimate of drug-likeness (QED) is 0.878. The van der Waals surface area contributed by atoms with Gasteiger partial charge in [0.05, 0.1) is 11.8 Å². The van der Waals surface area contributed by atoms with Gasteiger partial charge < -0.3 is 14.9 Å². The number of aliphatic hydroxyl groups is 1. The molecule has 0 spiro atoms. The number of nitrogens with zero attached hydrogens (tertiary/aromatic N) is 1. The third-order valence-electron chi connectivity index (χ3n) is 2.90. The molecule has 0 radical (unpaired) electrons. The normalized spacial score (nSPS) is 12.2. The van der Waals surface area contributed by atoms with E-state index < -0.39 is 6.10 Å². The summed E-state index contributed by atoms with van der Waals surface area (Å²) in [5, 5.41) is 16.4. The SMILES string of the molecule is Cc1noc(C)c1C(=O)NCC(O)c1ccccc1. The monoisotopic (exact) mass is 260 g/mol. The van der Waals surface area contributed by atoms with Crippen molar-refractivity contribution in [2.24, 2.45) is 0 Å². The molecule has 19 heavy (non-hydrogen) atoms. The largest absolute Gasteiger partial charge is 0.387 e. The van der Waals surface area contributed by atoms with Crippen molar-refractivity contribution in [2.45, 2.75) is 20.0 Å². The number of amides is 1. The van der Waals surface area contributed by atoms with Gasteiger partial charge in [-0.2, -0.15) is 0 Å². The Kier molecular flexibility index (Phi) is 3.97. The predicted octanol–water partition coefficient (Wildman–Crippen LogP) is 1.75. The van der Waals surface area contributed by atoms with Crippen LogP contribution in [0.1, 0.15) is 33.5 Å². The Morgan fingerprint density at radius 2 is 2.05 bits per heavy atom. The Bertz CT molecular complexity index is 544. The van der Waals surface area contributed by atoms with Crippen LogP contribution in [0.5, 0.6) is 0 Å². The van der Waals surface area contributed by atoms with Gasteiger partial charge >= 0.3 is 0 Å². The third-order valence-corrected chi connectivity index (χ3v) is 2.90. The van der Waals surface area contributed by atoms with E-state index in [1.165, 1.54) is 0 Å². The maximum atomic E-state index is 12.0. The van der Waals surface area contributed by atoms with E-state index in [0.717, 1.165) is 5.56 Å². The second-order valence-electron chi connectivity index (χ2n) is 4.34. The lowest BCUT2D eigenvalue weighted by atomic mass is 10.1. The number of aliphatic hydroxyl groups excluding tert-OH is 1. The minimum atomic E-state index is -0.731. The molecule has 0 saturated carbocycles. The molecule has 1 aromatic carbocycles. The average Bonchev–Trinajstić information content (AvgIpc) is 2.76. The molecule has 1 amide bonds. The Labute approximate surface area is 111 Å². The van der Waals surface area contributed by atoms with Crippen LogP contribution < -0.4 is 5.32 Å². The van der Waals surface area contributed by atoms with Gasteiger partial charge in [-0.05, 0) is 19.4 Å². The van der Waals surface area contributed by atoms with Crippen LogP contribution in [0.4, 0.5) is 0 Å². The molecule has 2 rings (SSSR count). The zero-order valence-electron chi connectivity index (χ0n) is 10.9. The van der Waals surface area contributed by atoms with Crippen LogP contribution in [0.15, 0.2) is 34.9 Å². The topological polar surface area (TPSA) is 75.4 Å². The highest BCUT2D eigenvalue weighted by Crippen LogP contribution is 2.13. The standard InChI is InChI=1S/C14H16N2O3/c1-9-13(10(2)19-16-9)14(18)15-8-12(17)11-6-4-3-5-7-11/h3-7,12,17H,8H2,1-2H3,(H,15,18). The van der Waals surface area contributed by atoms with Crippen LogP contribution in [-0.2, 0) is 0 Å². The molecule has 100 valence electrons. The van der Waals surface area contributed by atoms with Crippen LogP contribution in [0.25, 0.3) is 0 Å². The van der Waals surface area contributed by atoms with Crippen molar-refractivity contribution in [2.75, 3.05) is 6.54 Å². The lowest BCUT2D eigenvalue weighted by molar-refractivity contribution is 0.0914. The number of aryl methyl sites for hydroxylation is 2. The number of carbonyl (C=O) groups is 1. The van der Waals surface area contributed by atoms with E-state index in [4.69, 9.17) is 4.52 Å². The number of rotatable bonds is 4. The molecule has 0 saturated heterocycles. The van der Waals surface area contributed by atoms with Gasteiger partial charge in [0.2, 0.25) is 0 Å². The number of hydrogen-bond acceptors (Lipinski definition) is 4. The van der Waals surface area contributed by atoms with Crippen LogP contribution in [0, 0.1) is 13.8 Å². The molecule has 2 N–H and O–H groups in total. The highest BCUT2D eigenvalue weighted by Gasteiger charge is 2.18. The zero-order valence-corrected chi connectivity index (χ0v) is 10.9. The van der Waals surface area contributed by atoms with Crippen molar-refractivity contribution in [1.82, 2.24) is 10.5 Å². The van der Waals surface area contributed by atoms with Crippen LogP contribution in [-0.4, -0.2) is 22.7 Å². The van der Waals surface area contributed by atoms with E-state index in [-0.39, 0.29) is 12.5 Å². The summed E-state index contributed by atoms with van der Waals surface area (Å²) in [5.74, 6) is 0.190. The fourth-order valence-electron chi connectivity index (χ4n) is 1.88. The average molecular weight is 260 g/mol. The summed E-state index contributed by atoms with van der Waals surface area (Å²) in [6.45, 7) is 3.54. The lowest BCUT2D eigenvalue weighted by Crippen LogP contribution is -2.29. The van der Waals surface area contributed by atoms with E-state index in [0.29, 0.717) is 17.0 Å². The first-order valence-corrected chi connectivity index (χ1v) is 6.03. The molecule has 0 aliphatic rings. The van der Waals surface area contributed by atoms with Crippen LogP contribution in [0.3, 0.4) is 0 Å². The number of aromatic nitrogens is 1. The molecule has 1 aromatic heterocycles. The molecular weight excluding hydrogens is 244 g/mol. The maximum absolute atomic E-state index is 12.0. The highest BCUT2D eigenvalue weighted by atomic mass is 16.5. The van der Waals surface area contributed by atoms with Gasteiger partial charge in [0.1, 0.15) is 11.3 Å². The molecule has 2 aromatic rings. The summed E-state index contributed by atoms with van der Waals surface area (Å²) in [4.78, 5) is 12.0. The minimum Gasteiger partial charge on any atom is -0.387 e. The number of hydrogen-bond donors (Lipinski definition) is 2. The molecule has 0 aliphatic heterocycles. The number of benzene rings is 1. The van der Waals surface area contributed by atoms with E-state index >= 15 is 0 Å². The van der Waals surface area contributed by atoms with Gasteiger partial charge in [-0.3, -0.25) is 4.79 Å². The summed E-state index contributed by atoms with van der Waals surface area (Å²) in [5.41, 5.74) is 1.74. The van der Waals surface area contributed by atoms with Gasteiger partial charge in [-0.25, -0.2) is 0 Å². The van der Waals surface area contributed by atoms with Gasteiger partial charge in [-0.15, -0.1) is 0 Å². The molecule has 1 heterocycles. The maximum Gasteiger partial charge on any atom is 0.256 e. The van der Waals surface area contributed by atoms with Crippen molar-refractivity contribution in [3.63, 3.8) is 0 Å². The van der Waals surface area contributed by atoms with Crippen molar-refractivity contribution in [3.8, 4) is 0 Å². The first-order chi connectivity index (χ1) is 9.09. The first kappa shape index (κ1) is 13.3. The molecule has 1 atom stereocenters.